The van der Waals surface area contributed by atoms with E-state index in [-0.39, 0.29) is 6.04 Å². The van der Waals surface area contributed by atoms with Crippen molar-refractivity contribution in [2.45, 2.75) is 32.7 Å². The van der Waals surface area contributed by atoms with E-state index in [9.17, 15) is 0 Å². The minimum atomic E-state index is 0.233. The highest BCUT2D eigenvalue weighted by atomic mass is 15.2. The summed E-state index contributed by atoms with van der Waals surface area (Å²) in [5, 5.41) is 10.3. The largest absolute Gasteiger partial charge is 0.334 e. The zero-order valence-electron chi connectivity index (χ0n) is 33.7. The summed E-state index contributed by atoms with van der Waals surface area (Å²) in [6, 6.07) is 52.5. The van der Waals surface area contributed by atoms with Gasteiger partial charge in [0, 0.05) is 60.2 Å². The molecule has 0 amide bonds. The maximum absolute atomic E-state index is 2.60. The van der Waals surface area contributed by atoms with E-state index in [1.807, 2.05) is 0 Å². The van der Waals surface area contributed by atoms with E-state index < -0.39 is 0 Å². The molecule has 7 aromatic carbocycles. The van der Waals surface area contributed by atoms with E-state index in [0.717, 1.165) is 24.2 Å². The molecule has 286 valence electrons. The third kappa shape index (κ3) is 4.62. The molecule has 0 saturated carbocycles. The van der Waals surface area contributed by atoms with Gasteiger partial charge in [0.25, 0.3) is 0 Å². The van der Waals surface area contributed by atoms with Crippen LogP contribution in [0, 0.1) is 12.8 Å². The van der Waals surface area contributed by atoms with Crippen LogP contribution in [-0.4, -0.2) is 14.8 Å². The van der Waals surface area contributed by atoms with E-state index in [4.69, 9.17) is 0 Å². The van der Waals surface area contributed by atoms with Crippen molar-refractivity contribution in [1.82, 2.24) is 8.80 Å². The van der Waals surface area contributed by atoms with Crippen LogP contribution in [0.2, 0.25) is 0 Å². The van der Waals surface area contributed by atoms with Gasteiger partial charge in [-0.25, -0.2) is 0 Å². The van der Waals surface area contributed by atoms with Crippen molar-refractivity contribution in [2.75, 3.05) is 9.80 Å². The Morgan fingerprint density at radius 3 is 1.73 bits per heavy atom. The molecule has 0 aliphatic heterocycles. The van der Waals surface area contributed by atoms with E-state index in [1.165, 1.54) is 98.8 Å². The van der Waals surface area contributed by atoms with E-state index >= 15 is 0 Å². The molecule has 2 aliphatic carbocycles. The highest BCUT2D eigenvalue weighted by Gasteiger charge is 2.29. The number of allylic oxidation sites excluding steroid dienone is 5. The molecule has 0 radical (unpaired) electrons. The topological polar surface area (TPSA) is 15.3 Å². The number of hydrogen-bond acceptors (Lipinski definition) is 2. The fourth-order valence-corrected chi connectivity index (χ4v) is 10.7. The second-order valence-corrected chi connectivity index (χ2v) is 17.0. The summed E-state index contributed by atoms with van der Waals surface area (Å²) in [6.45, 7) is 4.46. The van der Waals surface area contributed by atoms with E-state index in [0.29, 0.717) is 5.92 Å². The van der Waals surface area contributed by atoms with Crippen LogP contribution < -0.4 is 9.80 Å². The Kier molecular flexibility index (Phi) is 7.07. The van der Waals surface area contributed by atoms with Crippen molar-refractivity contribution >= 4 is 98.9 Å². The van der Waals surface area contributed by atoms with Crippen molar-refractivity contribution in [1.29, 1.82) is 0 Å². The lowest BCUT2D eigenvalue weighted by Gasteiger charge is -2.35. The smallest absolute Gasteiger partial charge is 0.0641 e. The minimum Gasteiger partial charge on any atom is -0.334 e. The lowest BCUT2D eigenvalue weighted by atomic mass is 9.97. The van der Waals surface area contributed by atoms with Gasteiger partial charge in [0.2, 0.25) is 0 Å². The SMILES string of the molecule is Cc1ccc(N(c2ccccc2)c2ccc3c4cc5c(cc4n4c6ccccc6c2c34)c2ccc(N(C3=CCC(C)C=C3)C3C=CC=CC3)c3c4ccccc4n5c23)cc1. The minimum absolute atomic E-state index is 0.233. The third-order valence-electron chi connectivity index (χ3n) is 13.4. The van der Waals surface area contributed by atoms with Crippen LogP contribution >= 0.6 is 0 Å². The van der Waals surface area contributed by atoms with Crippen molar-refractivity contribution in [2.24, 2.45) is 5.92 Å². The van der Waals surface area contributed by atoms with Crippen molar-refractivity contribution in [3.63, 3.8) is 0 Å². The molecule has 0 fully saturated rings. The second kappa shape index (κ2) is 12.6. The van der Waals surface area contributed by atoms with Gasteiger partial charge >= 0.3 is 0 Å². The molecule has 4 heteroatoms. The second-order valence-electron chi connectivity index (χ2n) is 17.0. The molecule has 2 unspecified atom stereocenters. The van der Waals surface area contributed by atoms with Crippen LogP contribution in [0.5, 0.6) is 0 Å². The van der Waals surface area contributed by atoms with Crippen LogP contribution in [0.25, 0.3) is 76.2 Å². The van der Waals surface area contributed by atoms with Crippen LogP contribution in [0.4, 0.5) is 22.7 Å². The first-order valence-electron chi connectivity index (χ1n) is 21.4. The number of hydrogen-bond donors (Lipinski definition) is 0. The highest BCUT2D eigenvalue weighted by molar-refractivity contribution is 6.32. The molecule has 13 rings (SSSR count). The summed E-state index contributed by atoms with van der Waals surface area (Å²) in [4.78, 5) is 5.03. The molecule has 11 aromatic rings. The van der Waals surface area contributed by atoms with Gasteiger partial charge in [-0.15, -0.1) is 0 Å². The number of nitrogens with zero attached hydrogens (tertiary/aromatic N) is 4. The maximum atomic E-state index is 2.60. The Balaban J connectivity index is 1.11. The Labute approximate surface area is 348 Å². The Morgan fingerprint density at radius 2 is 1.12 bits per heavy atom. The number of anilines is 4. The molecule has 4 nitrogen and oxygen atoms in total. The Morgan fingerprint density at radius 1 is 0.517 bits per heavy atom. The van der Waals surface area contributed by atoms with Gasteiger partial charge in [0.1, 0.15) is 0 Å². The zero-order chi connectivity index (χ0) is 39.6. The quantitative estimate of drug-likeness (QED) is 0.167. The fourth-order valence-electron chi connectivity index (χ4n) is 10.7. The first-order valence-corrected chi connectivity index (χ1v) is 21.4. The summed E-state index contributed by atoms with van der Waals surface area (Å²) in [5.74, 6) is 0.548. The molecule has 0 saturated heterocycles. The summed E-state index contributed by atoms with van der Waals surface area (Å²) in [7, 11) is 0. The molecule has 0 N–H and O–H groups in total. The predicted molar refractivity (Wildman–Crippen MR) is 255 cm³/mol. The Hall–Kier alpha value is -7.30. The maximum Gasteiger partial charge on any atom is 0.0641 e. The molecular formula is C56H42N4. The summed E-state index contributed by atoms with van der Waals surface area (Å²) in [5.41, 5.74) is 14.8. The van der Waals surface area contributed by atoms with E-state index in [2.05, 4.69) is 215 Å². The molecule has 0 bridgehead atoms. The highest BCUT2D eigenvalue weighted by Crippen LogP contribution is 2.50. The zero-order valence-corrected chi connectivity index (χ0v) is 33.7. The number of aryl methyl sites for hydroxylation is 1. The van der Waals surface area contributed by atoms with Gasteiger partial charge in [-0.3, -0.25) is 0 Å². The van der Waals surface area contributed by atoms with Crippen molar-refractivity contribution in [3.05, 3.63) is 193 Å². The number of para-hydroxylation sites is 3. The number of benzene rings is 7. The first-order chi connectivity index (χ1) is 29.6. The molecule has 0 spiro atoms. The number of aromatic nitrogens is 2. The molecule has 60 heavy (non-hydrogen) atoms. The monoisotopic (exact) mass is 770 g/mol. The van der Waals surface area contributed by atoms with Crippen LogP contribution in [-0.2, 0) is 0 Å². The standard InChI is InChI=1S/C56H42N4/c1-35-21-25-39(26-22-35)57(37-13-5-3-6-14-37)49-31-29-41-45-33-52-46(34-51(45)59-47-19-11-9-17-43(47)53(49)55(41)59)42-30-32-50(54-44-18-10-12-20-48(44)60(52)56(42)54)58(38-15-7-4-8-16-38)40-27-23-36(2)24-28-40/h3-15,17-23,25-34,36,38H,16,24H2,1-2H3. The fraction of sp³-hybridized carbons (Fsp3) is 0.107. The van der Waals surface area contributed by atoms with Gasteiger partial charge in [-0.2, -0.15) is 0 Å². The summed E-state index contributed by atoms with van der Waals surface area (Å²) >= 11 is 0. The van der Waals surface area contributed by atoms with E-state index in [1.54, 1.807) is 0 Å². The van der Waals surface area contributed by atoms with Crippen molar-refractivity contribution in [3.8, 4) is 0 Å². The lowest BCUT2D eigenvalue weighted by Crippen LogP contribution is -2.33. The molecule has 4 heterocycles. The summed E-state index contributed by atoms with van der Waals surface area (Å²) < 4.78 is 5.11. The Bertz CT molecular complexity index is 3630. The molecule has 2 atom stereocenters. The van der Waals surface area contributed by atoms with Crippen LogP contribution in [0.3, 0.4) is 0 Å². The van der Waals surface area contributed by atoms with Gasteiger partial charge in [0.15, 0.2) is 0 Å². The number of rotatable bonds is 6. The number of fused-ring (bicyclic) bond motifs is 12. The average molecular weight is 771 g/mol. The average Bonchev–Trinajstić information content (AvgIpc) is 4.02. The lowest BCUT2D eigenvalue weighted by molar-refractivity contribution is 0.705. The van der Waals surface area contributed by atoms with Gasteiger partial charge in [0.05, 0.1) is 50.5 Å². The molecule has 2 aliphatic rings. The normalized spacial score (nSPS) is 16.9. The van der Waals surface area contributed by atoms with Crippen LogP contribution in [0.15, 0.2) is 188 Å². The molecular weight excluding hydrogens is 729 g/mol. The van der Waals surface area contributed by atoms with Crippen molar-refractivity contribution < 1.29 is 0 Å². The summed E-state index contributed by atoms with van der Waals surface area (Å²) in [6.07, 6.45) is 18.3. The van der Waals surface area contributed by atoms with Gasteiger partial charge < -0.3 is 18.6 Å². The van der Waals surface area contributed by atoms with Gasteiger partial charge in [-0.1, -0.05) is 128 Å². The first kappa shape index (κ1) is 33.6. The predicted octanol–water partition coefficient (Wildman–Crippen LogP) is 14.9. The van der Waals surface area contributed by atoms with Gasteiger partial charge in [-0.05, 0) is 92.4 Å². The third-order valence-corrected chi connectivity index (χ3v) is 13.4. The van der Waals surface area contributed by atoms with Crippen LogP contribution in [0.1, 0.15) is 25.3 Å². The molecule has 4 aromatic heterocycles.